The second kappa shape index (κ2) is 5.47. The highest BCUT2D eigenvalue weighted by Crippen LogP contribution is 2.33. The lowest BCUT2D eigenvalue weighted by Crippen LogP contribution is -2.33. The van der Waals surface area contributed by atoms with Gasteiger partial charge in [-0.25, -0.2) is 4.98 Å². The maximum atomic E-state index is 8.97. The molecule has 5 nitrogen and oxygen atoms in total. The average molecular weight is 262 g/mol. The number of aryl methyl sites for hydroxylation is 1. The van der Waals surface area contributed by atoms with E-state index in [4.69, 9.17) is 10.9 Å². The maximum Gasteiger partial charge on any atom is 0.174 e. The Balaban J connectivity index is 2.44. The van der Waals surface area contributed by atoms with Crippen LogP contribution in [0, 0.1) is 12.8 Å². The molecular weight excluding hydrogens is 240 g/mol. The van der Waals surface area contributed by atoms with Crippen molar-refractivity contribution in [2.75, 3.05) is 11.4 Å². The number of oxime groups is 1. The summed E-state index contributed by atoms with van der Waals surface area (Å²) in [6, 6.07) is 2.43. The Morgan fingerprint density at radius 3 is 2.79 bits per heavy atom. The van der Waals surface area contributed by atoms with Crippen molar-refractivity contribution in [3.63, 3.8) is 0 Å². The van der Waals surface area contributed by atoms with E-state index >= 15 is 0 Å². The van der Waals surface area contributed by atoms with Crippen LogP contribution in [0.2, 0.25) is 0 Å². The molecule has 2 rings (SSSR count). The molecule has 1 saturated carbocycles. The molecule has 0 radical (unpaired) electrons. The van der Waals surface area contributed by atoms with Gasteiger partial charge in [0.05, 0.1) is 5.56 Å². The van der Waals surface area contributed by atoms with Gasteiger partial charge in [-0.05, 0) is 37.3 Å². The summed E-state index contributed by atoms with van der Waals surface area (Å²) < 4.78 is 0. The van der Waals surface area contributed by atoms with Gasteiger partial charge in [0.15, 0.2) is 5.84 Å². The van der Waals surface area contributed by atoms with Gasteiger partial charge in [0.25, 0.3) is 0 Å². The van der Waals surface area contributed by atoms with Crippen LogP contribution in [0.15, 0.2) is 17.4 Å². The largest absolute Gasteiger partial charge is 0.409 e. The first-order chi connectivity index (χ1) is 9.04. The molecule has 0 amide bonds. The summed E-state index contributed by atoms with van der Waals surface area (Å²) in [7, 11) is 0. The zero-order chi connectivity index (χ0) is 14.0. The van der Waals surface area contributed by atoms with Crippen LogP contribution in [0.4, 0.5) is 5.82 Å². The summed E-state index contributed by atoms with van der Waals surface area (Å²) in [5, 5.41) is 12.1. The molecule has 0 aromatic carbocycles. The van der Waals surface area contributed by atoms with Crippen molar-refractivity contribution >= 4 is 11.7 Å². The second-order valence-electron chi connectivity index (χ2n) is 5.59. The lowest BCUT2D eigenvalue weighted by atomic mass is 10.1. The van der Waals surface area contributed by atoms with Crippen LogP contribution in [-0.2, 0) is 0 Å². The molecule has 1 heterocycles. The second-order valence-corrected chi connectivity index (χ2v) is 5.59. The van der Waals surface area contributed by atoms with E-state index in [0.29, 0.717) is 12.0 Å². The predicted octanol–water partition coefficient (Wildman–Crippen LogP) is 2.11. The molecule has 19 heavy (non-hydrogen) atoms. The van der Waals surface area contributed by atoms with Crippen molar-refractivity contribution in [1.29, 1.82) is 0 Å². The van der Waals surface area contributed by atoms with Crippen LogP contribution >= 0.6 is 0 Å². The molecule has 0 unspecified atom stereocenters. The van der Waals surface area contributed by atoms with Gasteiger partial charge in [-0.2, -0.15) is 0 Å². The number of amidine groups is 1. The third kappa shape index (κ3) is 2.97. The Bertz CT molecular complexity index is 480. The Hall–Kier alpha value is -1.78. The average Bonchev–Trinajstić information content (AvgIpc) is 3.19. The predicted molar refractivity (Wildman–Crippen MR) is 76.7 cm³/mol. The topological polar surface area (TPSA) is 74.7 Å². The highest BCUT2D eigenvalue weighted by Gasteiger charge is 2.32. The lowest BCUT2D eigenvalue weighted by Gasteiger charge is -2.28. The molecular formula is C14H22N4O. The Labute approximate surface area is 114 Å². The number of rotatable bonds is 5. The first-order valence-electron chi connectivity index (χ1n) is 6.74. The summed E-state index contributed by atoms with van der Waals surface area (Å²) >= 11 is 0. The smallest absolute Gasteiger partial charge is 0.174 e. The van der Waals surface area contributed by atoms with E-state index in [1.54, 1.807) is 6.20 Å². The van der Waals surface area contributed by atoms with Crippen LogP contribution in [0.1, 0.15) is 37.8 Å². The highest BCUT2D eigenvalue weighted by atomic mass is 16.4. The standard InChI is InChI=1S/C14H22N4O/c1-9(2)8-18(11-4-5-11)14-12(13(15)17-19)10(3)6-7-16-14/h6-7,9,11,19H,4-5,8H2,1-3H3,(H2,15,17). The number of nitrogens with two attached hydrogens (primary N) is 1. The summed E-state index contributed by atoms with van der Waals surface area (Å²) in [5.41, 5.74) is 7.55. The number of aromatic nitrogens is 1. The van der Waals surface area contributed by atoms with Gasteiger partial charge in [0, 0.05) is 18.8 Å². The van der Waals surface area contributed by atoms with Gasteiger partial charge in [0.1, 0.15) is 5.82 Å². The monoisotopic (exact) mass is 262 g/mol. The summed E-state index contributed by atoms with van der Waals surface area (Å²) in [4.78, 5) is 6.77. The molecule has 3 N–H and O–H groups in total. The van der Waals surface area contributed by atoms with Gasteiger partial charge in [-0.3, -0.25) is 0 Å². The zero-order valence-corrected chi connectivity index (χ0v) is 11.8. The quantitative estimate of drug-likeness (QED) is 0.369. The minimum atomic E-state index is 0.134. The third-order valence-corrected chi connectivity index (χ3v) is 3.32. The first kappa shape index (κ1) is 13.6. The molecule has 0 saturated heterocycles. The molecule has 0 aliphatic heterocycles. The number of hydrogen-bond acceptors (Lipinski definition) is 4. The van der Waals surface area contributed by atoms with Crippen molar-refractivity contribution in [3.05, 3.63) is 23.4 Å². The molecule has 104 valence electrons. The minimum absolute atomic E-state index is 0.134. The van der Waals surface area contributed by atoms with Gasteiger partial charge < -0.3 is 15.8 Å². The molecule has 0 bridgehead atoms. The van der Waals surface area contributed by atoms with E-state index in [1.807, 2.05) is 13.0 Å². The third-order valence-electron chi connectivity index (χ3n) is 3.32. The van der Waals surface area contributed by atoms with Crippen LogP contribution in [0.3, 0.4) is 0 Å². The fourth-order valence-electron chi connectivity index (χ4n) is 2.32. The molecule has 1 aliphatic carbocycles. The molecule has 0 spiro atoms. The van der Waals surface area contributed by atoms with Crippen molar-refractivity contribution < 1.29 is 5.21 Å². The zero-order valence-electron chi connectivity index (χ0n) is 11.8. The molecule has 1 aromatic rings. The van der Waals surface area contributed by atoms with E-state index in [9.17, 15) is 0 Å². The first-order valence-corrected chi connectivity index (χ1v) is 6.74. The SMILES string of the molecule is Cc1ccnc(N(CC(C)C)C2CC2)c1/C(N)=N/O. The van der Waals surface area contributed by atoms with E-state index in [2.05, 4.69) is 28.9 Å². The summed E-state index contributed by atoms with van der Waals surface area (Å²) in [6.45, 7) is 7.27. The van der Waals surface area contributed by atoms with Crippen molar-refractivity contribution in [2.24, 2.45) is 16.8 Å². The Morgan fingerprint density at radius 1 is 1.58 bits per heavy atom. The van der Waals surface area contributed by atoms with Crippen molar-refractivity contribution in [3.8, 4) is 0 Å². The highest BCUT2D eigenvalue weighted by molar-refractivity contribution is 6.02. The van der Waals surface area contributed by atoms with E-state index in [-0.39, 0.29) is 5.84 Å². The van der Waals surface area contributed by atoms with E-state index in [0.717, 1.165) is 23.5 Å². The van der Waals surface area contributed by atoms with E-state index in [1.165, 1.54) is 12.8 Å². The minimum Gasteiger partial charge on any atom is -0.409 e. The van der Waals surface area contributed by atoms with Gasteiger partial charge in [-0.15, -0.1) is 0 Å². The van der Waals surface area contributed by atoms with Gasteiger partial charge in [0.2, 0.25) is 0 Å². The molecule has 1 aliphatic rings. The fraction of sp³-hybridized carbons (Fsp3) is 0.571. The van der Waals surface area contributed by atoms with Crippen molar-refractivity contribution in [2.45, 2.75) is 39.7 Å². The van der Waals surface area contributed by atoms with Crippen molar-refractivity contribution in [1.82, 2.24) is 4.98 Å². The Kier molecular flexibility index (Phi) is 3.93. The summed E-state index contributed by atoms with van der Waals surface area (Å²) in [6.07, 6.45) is 4.17. The molecule has 1 aromatic heterocycles. The Morgan fingerprint density at radius 2 is 2.26 bits per heavy atom. The summed E-state index contributed by atoms with van der Waals surface area (Å²) in [5.74, 6) is 1.52. The van der Waals surface area contributed by atoms with Crippen LogP contribution in [0.25, 0.3) is 0 Å². The van der Waals surface area contributed by atoms with E-state index < -0.39 is 0 Å². The maximum absolute atomic E-state index is 8.97. The molecule has 1 fully saturated rings. The lowest BCUT2D eigenvalue weighted by molar-refractivity contribution is 0.318. The van der Waals surface area contributed by atoms with Gasteiger partial charge >= 0.3 is 0 Å². The van der Waals surface area contributed by atoms with Gasteiger partial charge in [-0.1, -0.05) is 19.0 Å². The number of anilines is 1. The fourth-order valence-corrected chi connectivity index (χ4v) is 2.32. The molecule has 0 atom stereocenters. The number of nitrogens with zero attached hydrogens (tertiary/aromatic N) is 3. The van der Waals surface area contributed by atoms with Crippen LogP contribution in [0.5, 0.6) is 0 Å². The number of pyridine rings is 1. The van der Waals surface area contributed by atoms with Crippen LogP contribution < -0.4 is 10.6 Å². The number of hydrogen-bond donors (Lipinski definition) is 2. The molecule has 5 heteroatoms. The normalized spacial score (nSPS) is 15.9. The van der Waals surface area contributed by atoms with Crippen LogP contribution in [-0.4, -0.2) is 28.6 Å².